The predicted molar refractivity (Wildman–Crippen MR) is 52.8 cm³/mol. The third-order valence-corrected chi connectivity index (χ3v) is 3.09. The average Bonchev–Trinajstić information content (AvgIpc) is 2.54. The third-order valence-electron chi connectivity index (χ3n) is 1.88. The van der Waals surface area contributed by atoms with Crippen molar-refractivity contribution in [3.8, 4) is 0 Å². The lowest BCUT2D eigenvalue weighted by molar-refractivity contribution is -0.0885. The summed E-state index contributed by atoms with van der Waals surface area (Å²) in [6.45, 7) is 1.97. The molecule has 0 aliphatic heterocycles. The van der Waals surface area contributed by atoms with Crippen molar-refractivity contribution < 1.29 is 22.7 Å². The number of hydrogen-bond donors (Lipinski definition) is 0. The quantitative estimate of drug-likeness (QED) is 0.773. The van der Waals surface area contributed by atoms with E-state index < -0.39 is 17.0 Å². The first-order chi connectivity index (χ1) is 7.36. The van der Waals surface area contributed by atoms with Crippen molar-refractivity contribution in [3.63, 3.8) is 0 Å². The molecule has 0 N–H and O–H groups in total. The minimum absolute atomic E-state index is 0.392. The average molecular weight is 253 g/mol. The highest BCUT2D eigenvalue weighted by molar-refractivity contribution is 7.13. The Kier molecular flexibility index (Phi) is 4.03. The minimum atomic E-state index is -4.86. The number of methoxy groups -OCH3 is 1. The first-order valence-electron chi connectivity index (χ1n) is 4.43. The van der Waals surface area contributed by atoms with Gasteiger partial charge in [-0.2, -0.15) is 13.2 Å². The molecule has 0 aliphatic rings. The number of aromatic nitrogens is 1. The summed E-state index contributed by atoms with van der Waals surface area (Å²) in [4.78, 5) is 15.2. The van der Waals surface area contributed by atoms with Gasteiger partial charge in [0, 0.05) is 18.4 Å². The van der Waals surface area contributed by atoms with Crippen molar-refractivity contribution in [2.24, 2.45) is 0 Å². The summed E-state index contributed by atoms with van der Waals surface area (Å²) < 4.78 is 41.2. The zero-order chi connectivity index (χ0) is 12.3. The van der Waals surface area contributed by atoms with E-state index in [0.717, 1.165) is 11.3 Å². The van der Waals surface area contributed by atoms with Crippen molar-refractivity contribution in [1.82, 2.24) is 4.98 Å². The van der Waals surface area contributed by atoms with Crippen LogP contribution in [0.5, 0.6) is 0 Å². The maximum atomic E-state index is 12.1. The summed E-state index contributed by atoms with van der Waals surface area (Å²) in [6.07, 6.45) is -4.39. The lowest BCUT2D eigenvalue weighted by Gasteiger charge is -2.00. The van der Waals surface area contributed by atoms with Gasteiger partial charge in [0.2, 0.25) is 0 Å². The zero-order valence-electron chi connectivity index (χ0n) is 8.72. The topological polar surface area (TPSA) is 39.2 Å². The molecule has 1 heterocycles. The number of alkyl halides is 3. The van der Waals surface area contributed by atoms with Gasteiger partial charge in [-0.3, -0.25) is 4.79 Å². The minimum Gasteiger partial charge on any atom is -0.384 e. The summed E-state index contributed by atoms with van der Waals surface area (Å²) in [6, 6.07) is 0. The van der Waals surface area contributed by atoms with Crippen LogP contribution in [-0.2, 0) is 11.2 Å². The van der Waals surface area contributed by atoms with Crippen LogP contribution in [0.3, 0.4) is 0 Å². The van der Waals surface area contributed by atoms with Gasteiger partial charge in [-0.05, 0) is 6.92 Å². The molecule has 90 valence electrons. The van der Waals surface area contributed by atoms with Crippen molar-refractivity contribution >= 4 is 17.1 Å². The smallest absolute Gasteiger partial charge is 0.384 e. The molecule has 0 amide bonds. The van der Waals surface area contributed by atoms with E-state index in [-0.39, 0.29) is 0 Å². The van der Waals surface area contributed by atoms with Gasteiger partial charge in [-0.1, -0.05) is 0 Å². The molecule has 0 unspecified atom stereocenters. The molecule has 1 aromatic rings. The van der Waals surface area contributed by atoms with Gasteiger partial charge in [-0.15, -0.1) is 11.3 Å². The van der Waals surface area contributed by atoms with E-state index in [0.29, 0.717) is 23.6 Å². The lowest BCUT2D eigenvalue weighted by atomic mass is 10.3. The largest absolute Gasteiger partial charge is 0.457 e. The van der Waals surface area contributed by atoms with Crippen LogP contribution in [0.4, 0.5) is 13.2 Å². The molecule has 0 spiro atoms. The fraction of sp³-hybridized carbons (Fsp3) is 0.556. The number of nitrogens with zero attached hydrogens (tertiary/aromatic N) is 1. The van der Waals surface area contributed by atoms with Gasteiger partial charge in [0.15, 0.2) is 5.01 Å². The molecule has 0 radical (unpaired) electrons. The van der Waals surface area contributed by atoms with Crippen LogP contribution in [0, 0.1) is 6.92 Å². The first kappa shape index (κ1) is 13.1. The molecule has 1 aromatic heterocycles. The SMILES string of the molecule is COCCc1sc(C(=O)C(F)(F)F)nc1C. The second-order valence-electron chi connectivity index (χ2n) is 3.10. The Bertz CT molecular complexity index is 387. The lowest BCUT2D eigenvalue weighted by Crippen LogP contribution is -2.22. The van der Waals surface area contributed by atoms with Gasteiger partial charge < -0.3 is 4.74 Å². The van der Waals surface area contributed by atoms with Crippen molar-refractivity contribution in [3.05, 3.63) is 15.6 Å². The summed E-state index contributed by atoms with van der Waals surface area (Å²) in [5.41, 5.74) is 0.453. The second-order valence-corrected chi connectivity index (χ2v) is 4.18. The molecule has 0 aromatic carbocycles. The molecule has 0 saturated heterocycles. The number of carbonyl (C=O) groups is 1. The van der Waals surface area contributed by atoms with Crippen molar-refractivity contribution in [2.75, 3.05) is 13.7 Å². The highest BCUT2D eigenvalue weighted by Gasteiger charge is 2.41. The molecule has 1 rings (SSSR count). The Labute approximate surface area is 94.3 Å². The third kappa shape index (κ3) is 3.02. The van der Waals surface area contributed by atoms with E-state index in [2.05, 4.69) is 4.98 Å². The Hall–Kier alpha value is -0.950. The monoisotopic (exact) mass is 253 g/mol. The van der Waals surface area contributed by atoms with Gasteiger partial charge >= 0.3 is 6.18 Å². The van der Waals surface area contributed by atoms with Crippen LogP contribution >= 0.6 is 11.3 Å². The Morgan fingerprint density at radius 1 is 1.50 bits per heavy atom. The number of aryl methyl sites for hydroxylation is 1. The molecular formula is C9H10F3NO2S. The summed E-state index contributed by atoms with van der Waals surface area (Å²) >= 11 is 0.774. The summed E-state index contributed by atoms with van der Waals surface area (Å²) in [5, 5.41) is -0.504. The second kappa shape index (κ2) is 4.92. The highest BCUT2D eigenvalue weighted by atomic mass is 32.1. The normalized spacial score (nSPS) is 11.8. The molecule has 3 nitrogen and oxygen atoms in total. The van der Waals surface area contributed by atoms with Crippen LogP contribution in [0.2, 0.25) is 0 Å². The van der Waals surface area contributed by atoms with Crippen LogP contribution in [0.15, 0.2) is 0 Å². The predicted octanol–water partition coefficient (Wildman–Crippen LogP) is 2.39. The number of ether oxygens (including phenoxy) is 1. The standard InChI is InChI=1S/C9H10F3NO2S/c1-5-6(3-4-15-2)16-8(13-5)7(14)9(10,11)12/h3-4H2,1-2H3. The molecular weight excluding hydrogens is 243 g/mol. The fourth-order valence-electron chi connectivity index (χ4n) is 1.07. The summed E-state index contributed by atoms with van der Waals surface area (Å²) in [7, 11) is 1.50. The van der Waals surface area contributed by atoms with E-state index in [9.17, 15) is 18.0 Å². The molecule has 7 heteroatoms. The summed E-state index contributed by atoms with van der Waals surface area (Å²) in [5.74, 6) is -1.88. The number of hydrogen-bond acceptors (Lipinski definition) is 4. The van der Waals surface area contributed by atoms with E-state index in [4.69, 9.17) is 4.74 Å². The molecule has 0 fully saturated rings. The van der Waals surface area contributed by atoms with Crippen molar-refractivity contribution in [2.45, 2.75) is 19.5 Å². The van der Waals surface area contributed by atoms with Gasteiger partial charge in [-0.25, -0.2) is 4.98 Å². The molecule has 16 heavy (non-hydrogen) atoms. The fourth-order valence-corrected chi connectivity index (χ4v) is 2.08. The van der Waals surface area contributed by atoms with E-state index in [1.807, 2.05) is 0 Å². The van der Waals surface area contributed by atoms with Crippen LogP contribution in [0.25, 0.3) is 0 Å². The van der Waals surface area contributed by atoms with Gasteiger partial charge in [0.25, 0.3) is 5.78 Å². The van der Waals surface area contributed by atoms with E-state index in [1.54, 1.807) is 6.92 Å². The van der Waals surface area contributed by atoms with Crippen LogP contribution in [-0.4, -0.2) is 30.7 Å². The molecule has 0 atom stereocenters. The molecule has 0 aliphatic carbocycles. The highest BCUT2D eigenvalue weighted by Crippen LogP contribution is 2.26. The number of halogens is 3. The molecule has 0 saturated carbocycles. The Balaban J connectivity index is 2.88. The first-order valence-corrected chi connectivity index (χ1v) is 5.24. The number of thiazole rings is 1. The van der Waals surface area contributed by atoms with E-state index in [1.165, 1.54) is 7.11 Å². The maximum absolute atomic E-state index is 12.1. The van der Waals surface area contributed by atoms with Crippen molar-refractivity contribution in [1.29, 1.82) is 0 Å². The van der Waals surface area contributed by atoms with Crippen LogP contribution in [0.1, 0.15) is 20.4 Å². The number of carbonyl (C=O) groups excluding carboxylic acids is 1. The van der Waals surface area contributed by atoms with E-state index >= 15 is 0 Å². The number of Topliss-reactive ketones (excluding diaryl/α,β-unsaturated/α-hetero) is 1. The Morgan fingerprint density at radius 3 is 2.62 bits per heavy atom. The Morgan fingerprint density at radius 2 is 2.12 bits per heavy atom. The number of ketones is 1. The van der Waals surface area contributed by atoms with Crippen LogP contribution < -0.4 is 0 Å². The van der Waals surface area contributed by atoms with Gasteiger partial charge in [0.1, 0.15) is 0 Å². The maximum Gasteiger partial charge on any atom is 0.457 e. The number of rotatable bonds is 4. The molecule has 0 bridgehead atoms. The zero-order valence-corrected chi connectivity index (χ0v) is 9.54. The van der Waals surface area contributed by atoms with Gasteiger partial charge in [0.05, 0.1) is 12.3 Å².